The van der Waals surface area contributed by atoms with Gasteiger partial charge in [-0.15, -0.1) is 0 Å². The molecule has 7 heteroatoms. The molecule has 1 amide bonds. The molecule has 152 valence electrons. The minimum absolute atomic E-state index is 0.124. The molecule has 0 spiro atoms. The fraction of sp³-hybridized carbons (Fsp3) is 0.381. The van der Waals surface area contributed by atoms with Gasteiger partial charge in [-0.05, 0) is 72.6 Å². The van der Waals surface area contributed by atoms with Crippen LogP contribution < -0.4 is 20.1 Å². The van der Waals surface area contributed by atoms with E-state index in [0.29, 0.717) is 31.1 Å². The predicted molar refractivity (Wildman–Crippen MR) is 114 cm³/mol. The van der Waals surface area contributed by atoms with E-state index in [-0.39, 0.29) is 19.1 Å². The molecular formula is C21H27BrN2O4. The van der Waals surface area contributed by atoms with E-state index in [9.17, 15) is 4.79 Å². The van der Waals surface area contributed by atoms with Crippen LogP contribution in [-0.2, 0) is 11.3 Å². The van der Waals surface area contributed by atoms with Crippen LogP contribution in [0.4, 0.5) is 5.69 Å². The molecule has 0 bridgehead atoms. The molecule has 0 aliphatic carbocycles. The second kappa shape index (κ2) is 11.7. The number of anilines is 1. The highest BCUT2D eigenvalue weighted by molar-refractivity contribution is 9.10. The summed E-state index contributed by atoms with van der Waals surface area (Å²) in [5.74, 6) is 0.840. The smallest absolute Gasteiger partial charge is 0.262 e. The van der Waals surface area contributed by atoms with E-state index in [1.165, 1.54) is 0 Å². The zero-order valence-electron chi connectivity index (χ0n) is 16.3. The molecule has 0 aliphatic heterocycles. The summed E-state index contributed by atoms with van der Waals surface area (Å²) in [6.07, 6.45) is 0.705. The highest BCUT2D eigenvalue weighted by atomic mass is 79.9. The second-order valence-corrected chi connectivity index (χ2v) is 7.15. The summed E-state index contributed by atoms with van der Waals surface area (Å²) in [5, 5.41) is 14.9. The van der Waals surface area contributed by atoms with Gasteiger partial charge in [0.15, 0.2) is 18.1 Å². The molecule has 2 aromatic carbocycles. The molecule has 28 heavy (non-hydrogen) atoms. The fourth-order valence-corrected chi connectivity index (χ4v) is 3.14. The van der Waals surface area contributed by atoms with Gasteiger partial charge in [-0.2, -0.15) is 0 Å². The van der Waals surface area contributed by atoms with Crippen LogP contribution in [0.2, 0.25) is 0 Å². The number of carbonyl (C=O) groups excluding carboxylic acids is 1. The standard InChI is InChI=1S/C21H27BrN2O4/c1-3-27-19-12-16(13-23-9-4-10-25)11-18(22)21(19)28-14-20(26)24-17-7-5-15(2)6-8-17/h5-8,11-12,23,25H,3-4,9-10,13-14H2,1-2H3,(H,24,26). The number of benzene rings is 2. The molecule has 6 nitrogen and oxygen atoms in total. The summed E-state index contributed by atoms with van der Waals surface area (Å²) in [7, 11) is 0. The van der Waals surface area contributed by atoms with E-state index in [4.69, 9.17) is 14.6 Å². The van der Waals surface area contributed by atoms with Gasteiger partial charge in [-0.1, -0.05) is 17.7 Å². The van der Waals surface area contributed by atoms with Crippen molar-refractivity contribution in [2.24, 2.45) is 0 Å². The Kier molecular flexibility index (Phi) is 9.27. The lowest BCUT2D eigenvalue weighted by atomic mass is 10.2. The molecule has 0 heterocycles. The average molecular weight is 451 g/mol. The number of hydrogen-bond donors (Lipinski definition) is 3. The van der Waals surface area contributed by atoms with Crippen LogP contribution in [0, 0.1) is 6.92 Å². The first-order valence-electron chi connectivity index (χ1n) is 9.29. The van der Waals surface area contributed by atoms with Crippen molar-refractivity contribution in [2.45, 2.75) is 26.8 Å². The largest absolute Gasteiger partial charge is 0.490 e. The molecule has 2 rings (SSSR count). The quantitative estimate of drug-likeness (QED) is 0.455. The number of halogens is 1. The van der Waals surface area contributed by atoms with Gasteiger partial charge >= 0.3 is 0 Å². The topological polar surface area (TPSA) is 79.8 Å². The summed E-state index contributed by atoms with van der Waals surface area (Å²) in [6.45, 7) is 5.79. The molecular weight excluding hydrogens is 424 g/mol. The highest BCUT2D eigenvalue weighted by Gasteiger charge is 2.14. The van der Waals surface area contributed by atoms with Crippen molar-refractivity contribution in [1.29, 1.82) is 0 Å². The maximum Gasteiger partial charge on any atom is 0.262 e. The summed E-state index contributed by atoms with van der Waals surface area (Å²) in [5.41, 5.74) is 2.88. The van der Waals surface area contributed by atoms with Crippen molar-refractivity contribution < 1.29 is 19.4 Å². The molecule has 2 aromatic rings. The van der Waals surface area contributed by atoms with Crippen molar-refractivity contribution in [3.8, 4) is 11.5 Å². The molecule has 0 unspecified atom stereocenters. The van der Waals surface area contributed by atoms with Crippen LogP contribution in [0.1, 0.15) is 24.5 Å². The molecule has 0 radical (unpaired) electrons. The maximum atomic E-state index is 12.2. The van der Waals surface area contributed by atoms with Crippen LogP contribution in [-0.4, -0.2) is 37.4 Å². The Labute approximate surface area is 174 Å². The first-order chi connectivity index (χ1) is 13.5. The average Bonchev–Trinajstić information content (AvgIpc) is 2.67. The van der Waals surface area contributed by atoms with Gasteiger partial charge in [-0.25, -0.2) is 0 Å². The Bertz CT molecular complexity index is 766. The Morgan fingerprint density at radius 3 is 2.61 bits per heavy atom. The highest BCUT2D eigenvalue weighted by Crippen LogP contribution is 2.37. The van der Waals surface area contributed by atoms with E-state index >= 15 is 0 Å². The van der Waals surface area contributed by atoms with Gasteiger partial charge in [0.2, 0.25) is 0 Å². The van der Waals surface area contributed by atoms with Crippen LogP contribution in [0.15, 0.2) is 40.9 Å². The number of amides is 1. The Hall–Kier alpha value is -2.09. The van der Waals surface area contributed by atoms with E-state index in [1.807, 2.05) is 50.2 Å². The van der Waals surface area contributed by atoms with Crippen LogP contribution in [0.3, 0.4) is 0 Å². The van der Waals surface area contributed by atoms with Crippen LogP contribution in [0.25, 0.3) is 0 Å². The zero-order chi connectivity index (χ0) is 20.4. The number of aliphatic hydroxyl groups excluding tert-OH is 1. The number of ether oxygens (including phenoxy) is 2. The van der Waals surface area contributed by atoms with Crippen molar-refractivity contribution in [3.63, 3.8) is 0 Å². The first-order valence-corrected chi connectivity index (χ1v) is 10.1. The molecule has 0 aromatic heterocycles. The van der Waals surface area contributed by atoms with E-state index in [0.717, 1.165) is 27.8 Å². The minimum Gasteiger partial charge on any atom is -0.490 e. The Morgan fingerprint density at radius 1 is 1.18 bits per heavy atom. The van der Waals surface area contributed by atoms with E-state index in [1.54, 1.807) is 0 Å². The number of rotatable bonds is 11. The lowest BCUT2D eigenvalue weighted by Gasteiger charge is -2.16. The third kappa shape index (κ3) is 7.14. The number of aryl methyl sites for hydroxylation is 1. The Morgan fingerprint density at radius 2 is 1.93 bits per heavy atom. The lowest BCUT2D eigenvalue weighted by Crippen LogP contribution is -2.20. The molecule has 0 aliphatic rings. The van der Waals surface area contributed by atoms with Crippen molar-refractivity contribution in [2.75, 3.05) is 31.7 Å². The van der Waals surface area contributed by atoms with E-state index < -0.39 is 0 Å². The number of carbonyl (C=O) groups is 1. The van der Waals surface area contributed by atoms with Crippen molar-refractivity contribution >= 4 is 27.5 Å². The molecule has 0 saturated carbocycles. The molecule has 0 atom stereocenters. The zero-order valence-corrected chi connectivity index (χ0v) is 17.8. The van der Waals surface area contributed by atoms with Crippen molar-refractivity contribution in [1.82, 2.24) is 5.32 Å². The SMILES string of the molecule is CCOc1cc(CNCCCO)cc(Br)c1OCC(=O)Nc1ccc(C)cc1. The van der Waals surface area contributed by atoms with Gasteiger partial charge in [0.05, 0.1) is 11.1 Å². The molecule has 3 N–H and O–H groups in total. The van der Waals surface area contributed by atoms with Crippen LogP contribution >= 0.6 is 15.9 Å². The van der Waals surface area contributed by atoms with Crippen LogP contribution in [0.5, 0.6) is 11.5 Å². The summed E-state index contributed by atoms with van der Waals surface area (Å²) in [4.78, 5) is 12.2. The Balaban J connectivity index is 2.00. The van der Waals surface area contributed by atoms with E-state index in [2.05, 4.69) is 26.6 Å². The third-order valence-electron chi connectivity index (χ3n) is 3.89. The number of hydrogen-bond acceptors (Lipinski definition) is 5. The first kappa shape index (κ1) is 22.2. The summed E-state index contributed by atoms with van der Waals surface area (Å²) < 4.78 is 12.2. The minimum atomic E-state index is -0.243. The monoisotopic (exact) mass is 450 g/mol. The number of nitrogens with one attached hydrogen (secondary N) is 2. The fourth-order valence-electron chi connectivity index (χ4n) is 2.53. The lowest BCUT2D eigenvalue weighted by molar-refractivity contribution is -0.118. The maximum absolute atomic E-state index is 12.2. The van der Waals surface area contributed by atoms with Crippen molar-refractivity contribution in [3.05, 3.63) is 52.0 Å². The van der Waals surface area contributed by atoms with Gasteiger partial charge in [0.1, 0.15) is 0 Å². The van der Waals surface area contributed by atoms with Gasteiger partial charge < -0.3 is 25.2 Å². The number of aliphatic hydroxyl groups is 1. The normalized spacial score (nSPS) is 10.6. The summed E-state index contributed by atoms with van der Waals surface area (Å²) in [6, 6.07) is 11.4. The van der Waals surface area contributed by atoms with Gasteiger partial charge in [-0.3, -0.25) is 4.79 Å². The molecule has 0 saturated heterocycles. The van der Waals surface area contributed by atoms with Gasteiger partial charge in [0.25, 0.3) is 5.91 Å². The predicted octanol–water partition coefficient (Wildman–Crippen LogP) is 3.65. The molecule has 0 fully saturated rings. The third-order valence-corrected chi connectivity index (χ3v) is 4.48. The second-order valence-electron chi connectivity index (χ2n) is 6.29. The van der Waals surface area contributed by atoms with Gasteiger partial charge in [0, 0.05) is 18.8 Å². The summed E-state index contributed by atoms with van der Waals surface area (Å²) >= 11 is 3.51.